The summed E-state index contributed by atoms with van der Waals surface area (Å²) >= 11 is 0. The molecular weight excluding hydrogens is 424 g/mol. The maximum atomic E-state index is 13.9. The number of imide groups is 1. The number of esters is 1. The maximum Gasteiger partial charge on any atom is 0.332 e. The van der Waals surface area contributed by atoms with Crippen LogP contribution in [-0.2, 0) is 14.3 Å². The Morgan fingerprint density at radius 3 is 2.58 bits per heavy atom. The molecule has 2 fully saturated rings. The first-order chi connectivity index (χ1) is 15.8. The third kappa shape index (κ3) is 2.86. The summed E-state index contributed by atoms with van der Waals surface area (Å²) in [5, 5.41) is 0. The van der Waals surface area contributed by atoms with Crippen LogP contribution < -0.4 is 14.4 Å². The number of ether oxygens (including phenoxy) is 3. The van der Waals surface area contributed by atoms with Crippen LogP contribution in [0.25, 0.3) is 0 Å². The first kappa shape index (κ1) is 21.3. The molecular formula is C25H26N2O6. The molecule has 4 atom stereocenters. The number of urea groups is 1. The highest BCUT2D eigenvalue weighted by atomic mass is 16.5. The number of carbonyl (C=O) groups excluding carboxylic acids is 3. The second-order valence-corrected chi connectivity index (χ2v) is 8.83. The van der Waals surface area contributed by atoms with Crippen LogP contribution in [-0.4, -0.2) is 48.7 Å². The number of methoxy groups -OCH3 is 1. The largest absolute Gasteiger partial charge is 0.497 e. The summed E-state index contributed by atoms with van der Waals surface area (Å²) < 4.78 is 16.7. The summed E-state index contributed by atoms with van der Waals surface area (Å²) in [4.78, 5) is 43.6. The Kier molecular flexibility index (Phi) is 4.84. The zero-order valence-corrected chi connectivity index (χ0v) is 19.0. The van der Waals surface area contributed by atoms with Gasteiger partial charge in [-0.25, -0.2) is 9.69 Å². The minimum atomic E-state index is -1.39. The quantitative estimate of drug-likeness (QED) is 0.524. The number of anilines is 1. The summed E-state index contributed by atoms with van der Waals surface area (Å²) in [6.07, 6.45) is 0. The van der Waals surface area contributed by atoms with Crippen molar-refractivity contribution in [1.29, 1.82) is 0 Å². The average molecular weight is 450 g/mol. The Morgan fingerprint density at radius 2 is 1.91 bits per heavy atom. The fourth-order valence-corrected chi connectivity index (χ4v) is 5.52. The number of nitrogens with zero attached hydrogens (tertiary/aromatic N) is 2. The van der Waals surface area contributed by atoms with Crippen molar-refractivity contribution in [2.75, 3.05) is 25.2 Å². The molecule has 2 aromatic carbocycles. The van der Waals surface area contributed by atoms with Gasteiger partial charge in [0.15, 0.2) is 0 Å². The van der Waals surface area contributed by atoms with E-state index in [2.05, 4.69) is 0 Å². The van der Waals surface area contributed by atoms with Gasteiger partial charge in [0, 0.05) is 17.5 Å². The van der Waals surface area contributed by atoms with E-state index < -0.39 is 41.3 Å². The average Bonchev–Trinajstić information content (AvgIpc) is 3.19. The minimum absolute atomic E-state index is 0.182. The van der Waals surface area contributed by atoms with Gasteiger partial charge in [0.2, 0.25) is 0 Å². The summed E-state index contributed by atoms with van der Waals surface area (Å²) in [5.74, 6) is -0.993. The predicted molar refractivity (Wildman–Crippen MR) is 119 cm³/mol. The van der Waals surface area contributed by atoms with Crippen LogP contribution >= 0.6 is 0 Å². The summed E-state index contributed by atoms with van der Waals surface area (Å²) in [6.45, 7) is 5.70. The second-order valence-electron chi connectivity index (χ2n) is 8.83. The van der Waals surface area contributed by atoms with Gasteiger partial charge in [-0.1, -0.05) is 17.7 Å². The van der Waals surface area contributed by atoms with Crippen LogP contribution in [0.5, 0.6) is 11.5 Å². The van der Waals surface area contributed by atoms with E-state index in [9.17, 15) is 14.4 Å². The van der Waals surface area contributed by atoms with Crippen molar-refractivity contribution in [2.45, 2.75) is 32.4 Å². The number of benzene rings is 2. The normalized spacial score (nSPS) is 27.6. The van der Waals surface area contributed by atoms with Crippen LogP contribution in [0, 0.1) is 18.8 Å². The molecule has 0 radical (unpaired) electrons. The van der Waals surface area contributed by atoms with Crippen molar-refractivity contribution < 1.29 is 28.6 Å². The van der Waals surface area contributed by atoms with E-state index in [-0.39, 0.29) is 13.2 Å². The van der Waals surface area contributed by atoms with Crippen molar-refractivity contribution in [3.63, 3.8) is 0 Å². The van der Waals surface area contributed by atoms with Crippen molar-refractivity contribution >= 4 is 23.6 Å². The molecule has 3 aliphatic rings. The van der Waals surface area contributed by atoms with Gasteiger partial charge in [0.25, 0.3) is 5.91 Å². The number of hydrogen-bond acceptors (Lipinski definition) is 6. The third-order valence-corrected chi connectivity index (χ3v) is 7.05. The molecule has 8 heteroatoms. The zero-order chi connectivity index (χ0) is 23.5. The molecule has 172 valence electrons. The van der Waals surface area contributed by atoms with Gasteiger partial charge < -0.3 is 19.1 Å². The van der Waals surface area contributed by atoms with E-state index in [0.29, 0.717) is 17.2 Å². The van der Waals surface area contributed by atoms with E-state index in [4.69, 9.17) is 14.2 Å². The van der Waals surface area contributed by atoms with Gasteiger partial charge in [-0.2, -0.15) is 0 Å². The summed E-state index contributed by atoms with van der Waals surface area (Å²) in [6, 6.07) is 11.6. The maximum absolute atomic E-state index is 13.9. The van der Waals surface area contributed by atoms with E-state index >= 15 is 0 Å². The topological polar surface area (TPSA) is 85.4 Å². The predicted octanol–water partition coefficient (Wildman–Crippen LogP) is 3.47. The smallest absolute Gasteiger partial charge is 0.332 e. The molecule has 2 saturated heterocycles. The van der Waals surface area contributed by atoms with Gasteiger partial charge in [0.1, 0.15) is 17.0 Å². The molecule has 8 nitrogen and oxygen atoms in total. The molecule has 0 N–H and O–H groups in total. The third-order valence-electron chi connectivity index (χ3n) is 7.05. The molecule has 3 heterocycles. The van der Waals surface area contributed by atoms with Gasteiger partial charge in [-0.3, -0.25) is 9.59 Å². The Balaban J connectivity index is 1.66. The number of rotatable bonds is 4. The lowest BCUT2D eigenvalue weighted by Gasteiger charge is -2.34. The van der Waals surface area contributed by atoms with E-state index in [1.807, 2.05) is 25.1 Å². The van der Waals surface area contributed by atoms with Crippen LogP contribution in [0.2, 0.25) is 0 Å². The second kappa shape index (κ2) is 7.50. The molecule has 0 aromatic heterocycles. The van der Waals surface area contributed by atoms with Crippen LogP contribution in [0.15, 0.2) is 42.5 Å². The van der Waals surface area contributed by atoms with Gasteiger partial charge in [-0.05, 0) is 45.0 Å². The Bertz CT molecular complexity index is 1150. The van der Waals surface area contributed by atoms with Gasteiger partial charge in [-0.15, -0.1) is 0 Å². The van der Waals surface area contributed by atoms with Crippen LogP contribution in [0.4, 0.5) is 10.5 Å². The monoisotopic (exact) mass is 450 g/mol. The lowest BCUT2D eigenvalue weighted by Crippen LogP contribution is -2.51. The van der Waals surface area contributed by atoms with Crippen molar-refractivity contribution in [3.8, 4) is 11.5 Å². The number of fused-ring (bicyclic) bond motifs is 5. The number of aryl methyl sites for hydroxylation is 1. The Hall–Kier alpha value is -3.55. The van der Waals surface area contributed by atoms with Gasteiger partial charge >= 0.3 is 12.0 Å². The van der Waals surface area contributed by atoms with Crippen molar-refractivity contribution in [3.05, 3.63) is 53.6 Å². The summed E-state index contributed by atoms with van der Waals surface area (Å²) in [7, 11) is 1.57. The lowest BCUT2D eigenvalue weighted by molar-refractivity contribution is -0.154. The van der Waals surface area contributed by atoms with Crippen molar-refractivity contribution in [2.24, 2.45) is 11.8 Å². The standard InChI is InChI=1S/C25H26N2O6/c1-5-32-22(28)20-18-13-33-19-12-16(31-4)10-11-17(19)21(18)27-24(30)26(23(29)25(20,27)3)15-8-6-14(2)7-9-15/h6-12,18,20-21H,5,13H2,1-4H3/t18?,20?,21?,25-/m1/s1. The molecule has 0 saturated carbocycles. The fraction of sp³-hybridized carbons (Fsp3) is 0.400. The van der Waals surface area contributed by atoms with E-state index in [1.165, 1.54) is 4.90 Å². The van der Waals surface area contributed by atoms with Gasteiger partial charge in [0.05, 0.1) is 38.0 Å². The highest BCUT2D eigenvalue weighted by Crippen LogP contribution is 2.58. The minimum Gasteiger partial charge on any atom is -0.497 e. The number of carbonyl (C=O) groups is 3. The number of hydrogen-bond donors (Lipinski definition) is 0. The van der Waals surface area contributed by atoms with Crippen LogP contribution in [0.1, 0.15) is 31.0 Å². The fourth-order valence-electron chi connectivity index (χ4n) is 5.52. The SMILES string of the molecule is CCOC(=O)C1C2COc3cc(OC)ccc3C2N2C(=O)N(c3ccc(C)cc3)C(=O)[C@@]12C. The molecule has 3 aliphatic heterocycles. The molecule has 0 spiro atoms. The molecule has 0 bridgehead atoms. The van der Waals surface area contributed by atoms with E-state index in [0.717, 1.165) is 11.1 Å². The van der Waals surface area contributed by atoms with Crippen LogP contribution in [0.3, 0.4) is 0 Å². The molecule has 2 aromatic rings. The molecule has 33 heavy (non-hydrogen) atoms. The first-order valence-corrected chi connectivity index (χ1v) is 11.0. The van der Waals surface area contributed by atoms with E-state index in [1.54, 1.807) is 50.1 Å². The highest BCUT2D eigenvalue weighted by molar-refractivity contribution is 6.24. The number of amides is 3. The Labute approximate surface area is 192 Å². The molecule has 5 rings (SSSR count). The highest BCUT2D eigenvalue weighted by Gasteiger charge is 2.72. The lowest BCUT2D eigenvalue weighted by atomic mass is 9.77. The zero-order valence-electron chi connectivity index (χ0n) is 19.0. The molecule has 0 aliphatic carbocycles. The summed E-state index contributed by atoms with van der Waals surface area (Å²) in [5.41, 5.74) is 0.847. The first-order valence-electron chi connectivity index (χ1n) is 11.0. The molecule has 3 unspecified atom stereocenters. The van der Waals surface area contributed by atoms with Crippen molar-refractivity contribution in [1.82, 2.24) is 4.90 Å². The Morgan fingerprint density at radius 1 is 1.18 bits per heavy atom. The molecule has 3 amide bonds.